The molecule has 2 unspecified atom stereocenters. The first kappa shape index (κ1) is 28.6. The van der Waals surface area contributed by atoms with Gasteiger partial charge in [0, 0.05) is 0 Å². The van der Waals surface area contributed by atoms with E-state index < -0.39 is 8.32 Å². The van der Waals surface area contributed by atoms with Gasteiger partial charge in [0.2, 0.25) is 0 Å². The van der Waals surface area contributed by atoms with Crippen molar-refractivity contribution in [3.63, 3.8) is 0 Å². The van der Waals surface area contributed by atoms with Crippen LogP contribution >= 0.6 is 0 Å². The fourth-order valence-corrected chi connectivity index (χ4v) is 5.71. The maximum absolute atomic E-state index is 6.75. The summed E-state index contributed by atoms with van der Waals surface area (Å²) in [5, 5.41) is 0. The molecule has 2 aliphatic rings. The normalized spacial score (nSPS) is 15.5. The number of fused-ring (bicyclic) bond motifs is 3. The molecule has 0 aromatic heterocycles. The number of halogens is 2. The number of rotatable bonds is 7. The monoisotopic (exact) mass is 548 g/mol. The molecule has 0 fully saturated rings. The number of hydrogen-bond acceptors (Lipinski definition) is 1. The molecule has 0 saturated heterocycles. The summed E-state index contributed by atoms with van der Waals surface area (Å²) in [5.41, 5.74) is 8.63. The Bertz CT molecular complexity index is 933. The van der Waals surface area contributed by atoms with Crippen LogP contribution < -0.4 is 24.8 Å². The second kappa shape index (κ2) is 12.1. The third-order valence-corrected chi connectivity index (χ3v) is 7.00. The predicted octanol–water partition coefficient (Wildman–Crippen LogP) is 1.46. The van der Waals surface area contributed by atoms with Crippen LogP contribution in [-0.2, 0) is 37.1 Å². The van der Waals surface area contributed by atoms with Crippen molar-refractivity contribution >= 4 is 8.32 Å². The molecule has 2 aliphatic carbocycles. The van der Waals surface area contributed by atoms with Crippen LogP contribution in [0.4, 0.5) is 0 Å². The van der Waals surface area contributed by atoms with Crippen molar-refractivity contribution in [1.29, 1.82) is 0 Å². The first-order valence-electron chi connectivity index (χ1n) is 10.7. The van der Waals surface area contributed by atoms with Crippen LogP contribution in [0.1, 0.15) is 49.0 Å². The molecule has 1 nitrogen and oxygen atoms in total. The molecule has 2 atom stereocenters. The summed E-state index contributed by atoms with van der Waals surface area (Å²) in [5.74, 6) is 0.594. The Morgan fingerprint density at radius 3 is 2.32 bits per heavy atom. The van der Waals surface area contributed by atoms with Gasteiger partial charge in [0.15, 0.2) is 8.32 Å². The van der Waals surface area contributed by atoms with Gasteiger partial charge in [0.05, 0.1) is 6.10 Å². The molecule has 0 radical (unpaired) electrons. The summed E-state index contributed by atoms with van der Waals surface area (Å²) in [6.07, 6.45) is 11.4. The van der Waals surface area contributed by atoms with Crippen LogP contribution in [0.3, 0.4) is 0 Å². The van der Waals surface area contributed by atoms with Crippen molar-refractivity contribution in [1.82, 2.24) is 0 Å². The summed E-state index contributed by atoms with van der Waals surface area (Å²) < 4.78 is 6.75. The number of hydrogen-bond donors (Lipinski definition) is 0. The van der Waals surface area contributed by atoms with E-state index in [9.17, 15) is 0 Å². The Hall–Kier alpha value is -0.440. The first-order chi connectivity index (χ1) is 13.4. The van der Waals surface area contributed by atoms with Crippen molar-refractivity contribution in [2.75, 3.05) is 0 Å². The molecule has 0 heterocycles. The van der Waals surface area contributed by atoms with Crippen LogP contribution in [0.15, 0.2) is 66.3 Å². The Morgan fingerprint density at radius 2 is 1.68 bits per heavy atom. The molecule has 164 valence electrons. The molecule has 0 aliphatic heterocycles. The van der Waals surface area contributed by atoms with Gasteiger partial charge in [-0.15, -0.1) is 0 Å². The average Bonchev–Trinajstić information content (AvgIpc) is 3.31. The first-order valence-corrected chi connectivity index (χ1v) is 14.1. The van der Waals surface area contributed by atoms with Crippen molar-refractivity contribution in [3.05, 3.63) is 83.0 Å². The van der Waals surface area contributed by atoms with E-state index in [2.05, 4.69) is 87.3 Å². The van der Waals surface area contributed by atoms with E-state index in [1.54, 1.807) is 5.57 Å². The topological polar surface area (TPSA) is 9.23 Å². The molecule has 0 saturated carbocycles. The van der Waals surface area contributed by atoms with E-state index in [0.717, 1.165) is 19.3 Å². The minimum Gasteiger partial charge on any atom is -1.00 e. The van der Waals surface area contributed by atoms with Crippen molar-refractivity contribution in [3.8, 4) is 11.1 Å². The Kier molecular flexibility index (Phi) is 11.2. The summed E-state index contributed by atoms with van der Waals surface area (Å²) >= 11 is 0. The van der Waals surface area contributed by atoms with Crippen LogP contribution in [0, 0.1) is 5.92 Å². The van der Waals surface area contributed by atoms with Gasteiger partial charge in [-0.1, -0.05) is 67.1 Å². The molecule has 0 amide bonds. The summed E-state index contributed by atoms with van der Waals surface area (Å²) in [6.45, 7) is 9.23. The van der Waals surface area contributed by atoms with E-state index in [0.29, 0.717) is 5.92 Å². The Morgan fingerprint density at radius 1 is 0.968 bits per heavy atom. The molecular weight excluding hydrogens is 519 g/mol. The summed E-state index contributed by atoms with van der Waals surface area (Å²) in [7, 11) is -1.65. The second-order valence-electron chi connectivity index (χ2n) is 9.18. The third-order valence-electron chi connectivity index (χ3n) is 6.01. The molecule has 0 spiro atoms. The molecule has 0 bridgehead atoms. The quantitative estimate of drug-likeness (QED) is 0.405. The third kappa shape index (κ3) is 6.78. The molecule has 2 aromatic rings. The maximum Gasteiger partial charge on any atom is 2.00 e. The fraction of sp³-hybridized carbons (Fsp3) is 0.385. The molecular formula is C26H32Cl2OSiZr. The predicted molar refractivity (Wildman–Crippen MR) is 122 cm³/mol. The zero-order chi connectivity index (χ0) is 19.7. The molecule has 2 aromatic carbocycles. The van der Waals surface area contributed by atoms with E-state index in [1.165, 1.54) is 34.2 Å². The van der Waals surface area contributed by atoms with Crippen LogP contribution in [0.2, 0.25) is 19.6 Å². The SMILES string of the molecule is CCC(CC(O[Si](C)(C)C)c1ccc2c(c1)-c1ccccc1C2)C1=CC=CC1.[Cl-].[Cl-].[Zr+2]. The summed E-state index contributed by atoms with van der Waals surface area (Å²) in [6, 6.07) is 15.9. The van der Waals surface area contributed by atoms with Gasteiger partial charge in [0.1, 0.15) is 0 Å². The van der Waals surface area contributed by atoms with Gasteiger partial charge < -0.3 is 29.2 Å². The smallest absolute Gasteiger partial charge is 1.00 e. The summed E-state index contributed by atoms with van der Waals surface area (Å²) in [4.78, 5) is 0. The van der Waals surface area contributed by atoms with Gasteiger partial charge in [0.25, 0.3) is 0 Å². The van der Waals surface area contributed by atoms with Crippen LogP contribution in [0.5, 0.6) is 0 Å². The van der Waals surface area contributed by atoms with Crippen molar-refractivity contribution in [2.24, 2.45) is 5.92 Å². The zero-order valence-corrected chi connectivity index (χ0v) is 23.9. The Labute approximate surface area is 220 Å². The van der Waals surface area contributed by atoms with Gasteiger partial charge in [-0.25, -0.2) is 0 Å². The van der Waals surface area contributed by atoms with E-state index in [1.807, 2.05) is 0 Å². The molecule has 5 heteroatoms. The van der Waals surface area contributed by atoms with Crippen molar-refractivity contribution < 1.29 is 55.4 Å². The zero-order valence-electron chi connectivity index (χ0n) is 18.9. The van der Waals surface area contributed by atoms with Gasteiger partial charge in [-0.2, -0.15) is 0 Å². The van der Waals surface area contributed by atoms with E-state index in [-0.39, 0.29) is 57.1 Å². The van der Waals surface area contributed by atoms with Gasteiger partial charge in [-0.3, -0.25) is 0 Å². The van der Waals surface area contributed by atoms with Crippen LogP contribution in [0.25, 0.3) is 11.1 Å². The maximum atomic E-state index is 6.75. The Balaban J connectivity index is 0.00000160. The largest absolute Gasteiger partial charge is 2.00 e. The van der Waals surface area contributed by atoms with E-state index >= 15 is 0 Å². The molecule has 0 N–H and O–H groups in total. The van der Waals surface area contributed by atoms with Gasteiger partial charge >= 0.3 is 26.2 Å². The van der Waals surface area contributed by atoms with E-state index in [4.69, 9.17) is 4.43 Å². The average molecular weight is 551 g/mol. The molecule has 4 rings (SSSR count). The number of allylic oxidation sites excluding steroid dienone is 4. The minimum atomic E-state index is -1.65. The number of benzene rings is 2. The molecule has 31 heavy (non-hydrogen) atoms. The standard InChI is InChI=1S/C26H32OSi.2ClH.Zr/c1-5-19(20-10-6-7-11-20)18-26(27-28(2,3)4)23-15-14-22-16-21-12-8-9-13-24(21)25(22)17-23;;;/h6-10,12-15,17,19,26H,5,11,16,18H2,1-4H3;2*1H;/q;;;+2/p-2. The van der Waals surface area contributed by atoms with Gasteiger partial charge in [-0.05, 0) is 85.1 Å². The minimum absolute atomic E-state index is 0. The fourth-order valence-electron chi connectivity index (χ4n) is 4.63. The van der Waals surface area contributed by atoms with Crippen LogP contribution in [-0.4, -0.2) is 8.32 Å². The second-order valence-corrected chi connectivity index (χ2v) is 13.6. The van der Waals surface area contributed by atoms with Crippen molar-refractivity contribution in [2.45, 2.75) is 58.4 Å².